The molecule has 0 fully saturated rings. The van der Waals surface area contributed by atoms with Crippen LogP contribution < -0.4 is 5.32 Å². The number of methoxy groups -OCH3 is 1. The van der Waals surface area contributed by atoms with Crippen LogP contribution in [0, 0.1) is 12.7 Å². The van der Waals surface area contributed by atoms with Crippen molar-refractivity contribution in [3.05, 3.63) is 63.9 Å². The lowest BCUT2D eigenvalue weighted by Crippen LogP contribution is -2.08. The van der Waals surface area contributed by atoms with Gasteiger partial charge in [-0.05, 0) is 42.8 Å². The van der Waals surface area contributed by atoms with Gasteiger partial charge in [-0.15, -0.1) is 0 Å². The summed E-state index contributed by atoms with van der Waals surface area (Å²) in [6.07, 6.45) is 0. The van der Waals surface area contributed by atoms with Crippen LogP contribution in [0.3, 0.4) is 0 Å². The zero-order chi connectivity index (χ0) is 15.4. The van der Waals surface area contributed by atoms with Crippen LogP contribution in [-0.4, -0.2) is 13.1 Å². The van der Waals surface area contributed by atoms with Crippen molar-refractivity contribution in [1.29, 1.82) is 0 Å². The maximum atomic E-state index is 13.3. The average molecular weight is 308 g/mol. The largest absolute Gasteiger partial charge is 0.465 e. The van der Waals surface area contributed by atoms with Gasteiger partial charge >= 0.3 is 5.97 Å². The minimum absolute atomic E-state index is 0.337. The second-order valence-corrected chi connectivity index (χ2v) is 5.11. The van der Waals surface area contributed by atoms with Gasteiger partial charge in [-0.1, -0.05) is 23.2 Å². The molecule has 0 saturated carbocycles. The molecule has 0 aliphatic rings. The molecule has 110 valence electrons. The summed E-state index contributed by atoms with van der Waals surface area (Å²) in [6.45, 7) is 2.24. The normalized spacial score (nSPS) is 10.3. The number of esters is 1. The van der Waals surface area contributed by atoms with E-state index in [0.29, 0.717) is 28.4 Å². The highest BCUT2D eigenvalue weighted by Gasteiger charge is 2.12. The smallest absolute Gasteiger partial charge is 0.339 e. The van der Waals surface area contributed by atoms with Crippen molar-refractivity contribution in [2.45, 2.75) is 13.5 Å². The van der Waals surface area contributed by atoms with Crippen LogP contribution in [0.1, 0.15) is 21.5 Å². The lowest BCUT2D eigenvalue weighted by Gasteiger charge is -2.12. The first kappa shape index (κ1) is 15.3. The summed E-state index contributed by atoms with van der Waals surface area (Å²) in [4.78, 5) is 11.8. The lowest BCUT2D eigenvalue weighted by atomic mass is 10.1. The van der Waals surface area contributed by atoms with Gasteiger partial charge < -0.3 is 10.1 Å². The van der Waals surface area contributed by atoms with Crippen LogP contribution in [0.4, 0.5) is 10.1 Å². The SMILES string of the molecule is COC(=O)c1cc(C)ccc1NCc1cc(F)cc(Cl)c1. The van der Waals surface area contributed by atoms with Gasteiger partial charge in [-0.25, -0.2) is 9.18 Å². The maximum Gasteiger partial charge on any atom is 0.339 e. The summed E-state index contributed by atoms with van der Waals surface area (Å²) in [7, 11) is 1.33. The number of hydrogen-bond acceptors (Lipinski definition) is 3. The molecule has 0 atom stereocenters. The van der Waals surface area contributed by atoms with Crippen LogP contribution in [0.15, 0.2) is 36.4 Å². The molecule has 5 heteroatoms. The molecule has 1 N–H and O–H groups in total. The second kappa shape index (κ2) is 6.59. The fraction of sp³-hybridized carbons (Fsp3) is 0.188. The third kappa shape index (κ3) is 3.95. The molecular formula is C16H15ClFNO2. The van der Waals surface area contributed by atoms with Crippen molar-refractivity contribution >= 4 is 23.3 Å². The van der Waals surface area contributed by atoms with Crippen LogP contribution >= 0.6 is 11.6 Å². The highest BCUT2D eigenvalue weighted by molar-refractivity contribution is 6.30. The molecule has 0 amide bonds. The Bertz CT molecular complexity index is 653. The van der Waals surface area contributed by atoms with Crippen molar-refractivity contribution in [3.63, 3.8) is 0 Å². The van der Waals surface area contributed by atoms with E-state index in [-0.39, 0.29) is 0 Å². The van der Waals surface area contributed by atoms with Crippen molar-refractivity contribution in [1.82, 2.24) is 0 Å². The monoisotopic (exact) mass is 307 g/mol. The Labute approximate surface area is 127 Å². The van der Waals surface area contributed by atoms with Gasteiger partial charge in [0.15, 0.2) is 0 Å². The number of anilines is 1. The standard InChI is InChI=1S/C16H15ClFNO2/c1-10-3-4-15(14(5-10)16(20)21-2)19-9-11-6-12(17)8-13(18)7-11/h3-8,19H,9H2,1-2H3. The van der Waals surface area contributed by atoms with Crippen molar-refractivity contribution in [2.75, 3.05) is 12.4 Å². The van der Waals surface area contributed by atoms with Gasteiger partial charge in [0.25, 0.3) is 0 Å². The number of ether oxygens (including phenoxy) is 1. The molecule has 2 aromatic carbocycles. The summed E-state index contributed by atoms with van der Waals surface area (Å²) in [5, 5.41) is 3.44. The number of hydrogen-bond donors (Lipinski definition) is 1. The molecule has 2 rings (SSSR count). The number of carbonyl (C=O) groups is 1. The number of carbonyl (C=O) groups excluding carboxylic acids is 1. The maximum absolute atomic E-state index is 13.3. The minimum atomic E-state index is -0.418. The summed E-state index contributed by atoms with van der Waals surface area (Å²) < 4.78 is 18.0. The van der Waals surface area contributed by atoms with Gasteiger partial charge in [0.2, 0.25) is 0 Å². The minimum Gasteiger partial charge on any atom is -0.465 e. The zero-order valence-electron chi connectivity index (χ0n) is 11.7. The molecule has 2 aromatic rings. The highest BCUT2D eigenvalue weighted by Crippen LogP contribution is 2.20. The Morgan fingerprint density at radius 2 is 2.05 bits per heavy atom. The Morgan fingerprint density at radius 1 is 1.29 bits per heavy atom. The summed E-state index contributed by atoms with van der Waals surface area (Å²) in [5.74, 6) is -0.810. The zero-order valence-corrected chi connectivity index (χ0v) is 12.5. The first-order chi connectivity index (χ1) is 9.99. The van der Waals surface area contributed by atoms with Crippen LogP contribution in [-0.2, 0) is 11.3 Å². The van der Waals surface area contributed by atoms with E-state index in [0.717, 1.165) is 5.56 Å². The number of halogens is 2. The number of rotatable bonds is 4. The highest BCUT2D eigenvalue weighted by atomic mass is 35.5. The molecule has 0 radical (unpaired) electrons. The first-order valence-corrected chi connectivity index (χ1v) is 6.75. The Kier molecular flexibility index (Phi) is 4.81. The van der Waals surface area contributed by atoms with E-state index in [4.69, 9.17) is 16.3 Å². The molecular weight excluding hydrogens is 293 g/mol. The van der Waals surface area contributed by atoms with Gasteiger partial charge in [0.05, 0.1) is 12.7 Å². The van der Waals surface area contributed by atoms with Crippen LogP contribution in [0.5, 0.6) is 0 Å². The second-order valence-electron chi connectivity index (χ2n) is 4.67. The number of aryl methyl sites for hydroxylation is 1. The molecule has 0 aliphatic heterocycles. The summed E-state index contributed by atoms with van der Waals surface area (Å²) >= 11 is 5.81. The lowest BCUT2D eigenvalue weighted by molar-refractivity contribution is 0.0601. The summed E-state index contributed by atoms with van der Waals surface area (Å²) in [6, 6.07) is 9.73. The molecule has 0 aliphatic carbocycles. The predicted molar refractivity (Wildman–Crippen MR) is 81.3 cm³/mol. The van der Waals surface area contributed by atoms with Gasteiger partial charge in [0, 0.05) is 17.3 Å². The molecule has 0 saturated heterocycles. The van der Waals surface area contributed by atoms with E-state index in [9.17, 15) is 9.18 Å². The fourth-order valence-corrected chi connectivity index (χ4v) is 2.25. The average Bonchev–Trinajstić information content (AvgIpc) is 2.44. The van der Waals surface area contributed by atoms with Gasteiger partial charge in [-0.3, -0.25) is 0 Å². The molecule has 0 unspecified atom stereocenters. The molecule has 0 bridgehead atoms. The Hall–Kier alpha value is -2.07. The van der Waals surface area contributed by atoms with E-state index >= 15 is 0 Å². The van der Waals surface area contributed by atoms with E-state index < -0.39 is 11.8 Å². The number of benzene rings is 2. The van der Waals surface area contributed by atoms with Crippen molar-refractivity contribution < 1.29 is 13.9 Å². The van der Waals surface area contributed by atoms with E-state index in [2.05, 4.69) is 5.32 Å². The molecule has 21 heavy (non-hydrogen) atoms. The molecule has 0 aromatic heterocycles. The van der Waals surface area contributed by atoms with E-state index in [1.54, 1.807) is 18.2 Å². The van der Waals surface area contributed by atoms with Gasteiger partial charge in [0.1, 0.15) is 5.82 Å². The number of nitrogens with one attached hydrogen (secondary N) is 1. The van der Waals surface area contributed by atoms with Crippen LogP contribution in [0.25, 0.3) is 0 Å². The van der Waals surface area contributed by atoms with Crippen LogP contribution in [0.2, 0.25) is 5.02 Å². The summed E-state index contributed by atoms with van der Waals surface area (Å²) in [5.41, 5.74) is 2.72. The quantitative estimate of drug-likeness (QED) is 0.861. The first-order valence-electron chi connectivity index (χ1n) is 6.37. The fourth-order valence-electron chi connectivity index (χ4n) is 2.00. The topological polar surface area (TPSA) is 38.3 Å². The molecule has 3 nitrogen and oxygen atoms in total. The van der Waals surface area contributed by atoms with Crippen molar-refractivity contribution in [3.8, 4) is 0 Å². The third-order valence-electron chi connectivity index (χ3n) is 2.99. The van der Waals surface area contributed by atoms with Crippen molar-refractivity contribution in [2.24, 2.45) is 0 Å². The Morgan fingerprint density at radius 3 is 2.71 bits per heavy atom. The van der Waals surface area contributed by atoms with E-state index in [1.807, 2.05) is 13.0 Å². The predicted octanol–water partition coefficient (Wildman–Crippen LogP) is 4.19. The third-order valence-corrected chi connectivity index (χ3v) is 3.20. The van der Waals surface area contributed by atoms with Gasteiger partial charge in [-0.2, -0.15) is 0 Å². The van der Waals surface area contributed by atoms with E-state index in [1.165, 1.54) is 19.2 Å². The molecule has 0 spiro atoms. The Balaban J connectivity index is 2.21. The molecule has 0 heterocycles.